The first kappa shape index (κ1) is 24.1. The van der Waals surface area contributed by atoms with Crippen LogP contribution in [0.4, 0.5) is 17.5 Å². The Morgan fingerprint density at radius 2 is 1.73 bits per heavy atom. The van der Waals surface area contributed by atoms with E-state index in [-0.39, 0.29) is 17.5 Å². The third kappa shape index (κ3) is 4.73. The fourth-order valence-corrected chi connectivity index (χ4v) is 7.10. The van der Waals surface area contributed by atoms with Gasteiger partial charge in [0.2, 0.25) is 5.95 Å². The molecular weight excluding hydrogens is 488 g/mol. The largest absolute Gasteiger partial charge is 0.370 e. The summed E-state index contributed by atoms with van der Waals surface area (Å²) in [6.45, 7) is 2.05. The molecule has 0 radical (unpaired) electrons. The first-order valence-electron chi connectivity index (χ1n) is 12.8. The Labute approximate surface area is 216 Å². The second kappa shape index (κ2) is 9.53. The molecule has 0 spiro atoms. The summed E-state index contributed by atoms with van der Waals surface area (Å²) < 4.78 is 26.2. The van der Waals surface area contributed by atoms with Crippen molar-refractivity contribution in [3.8, 4) is 0 Å². The van der Waals surface area contributed by atoms with E-state index in [0.29, 0.717) is 30.6 Å². The quantitative estimate of drug-likeness (QED) is 0.423. The van der Waals surface area contributed by atoms with Gasteiger partial charge in [0.25, 0.3) is 0 Å². The van der Waals surface area contributed by atoms with Crippen LogP contribution in [0.1, 0.15) is 31.7 Å². The molecule has 0 aliphatic carbocycles. The van der Waals surface area contributed by atoms with Crippen LogP contribution in [0, 0.1) is 0 Å². The molecule has 0 aromatic carbocycles. The Bertz CT molecular complexity index is 1510. The molecule has 4 aromatic rings. The van der Waals surface area contributed by atoms with Gasteiger partial charge >= 0.3 is 0 Å². The summed E-state index contributed by atoms with van der Waals surface area (Å²) in [6, 6.07) is 6.71. The van der Waals surface area contributed by atoms with Crippen molar-refractivity contribution in [1.82, 2.24) is 29.4 Å². The van der Waals surface area contributed by atoms with E-state index in [1.165, 1.54) is 0 Å². The number of rotatable bonds is 5. The van der Waals surface area contributed by atoms with Crippen molar-refractivity contribution in [1.29, 1.82) is 0 Å². The molecule has 4 aromatic heterocycles. The van der Waals surface area contributed by atoms with Gasteiger partial charge in [0, 0.05) is 48.3 Å². The van der Waals surface area contributed by atoms with Gasteiger partial charge < -0.3 is 19.7 Å². The first-order valence-corrected chi connectivity index (χ1v) is 14.7. The van der Waals surface area contributed by atoms with E-state index in [9.17, 15) is 8.42 Å². The molecule has 0 unspecified atom stereocenters. The minimum Gasteiger partial charge on any atom is -0.370 e. The topological polar surface area (TPSA) is 109 Å². The van der Waals surface area contributed by atoms with Crippen LogP contribution in [0.3, 0.4) is 0 Å². The molecule has 6 heterocycles. The summed E-state index contributed by atoms with van der Waals surface area (Å²) in [4.78, 5) is 23.1. The van der Waals surface area contributed by atoms with Gasteiger partial charge in [0.05, 0.1) is 35.1 Å². The standard InChI is InChI=1S/C26H32N8O2S/c1-32(2)18-6-11-33(12-7-18)20-3-4-24(28-15-20)30-26-29-16-22-21-5-10-27-17-23(21)34(25(22)31-26)19-8-13-37(35,36)14-9-19/h3-5,10,15-19H,6-9,11-14H2,1-2H3,(H,28,29,30,31). The molecule has 2 saturated heterocycles. The monoisotopic (exact) mass is 520 g/mol. The molecule has 2 fully saturated rings. The van der Waals surface area contributed by atoms with E-state index in [0.717, 1.165) is 53.6 Å². The number of piperidine rings is 1. The second-order valence-electron chi connectivity index (χ2n) is 10.3. The zero-order chi connectivity index (χ0) is 25.6. The van der Waals surface area contributed by atoms with E-state index in [4.69, 9.17) is 4.98 Å². The third-order valence-electron chi connectivity index (χ3n) is 7.78. The highest BCUT2D eigenvalue weighted by Gasteiger charge is 2.28. The molecule has 0 bridgehead atoms. The lowest BCUT2D eigenvalue weighted by Gasteiger charge is -2.36. The number of hydrogen-bond acceptors (Lipinski definition) is 9. The Kier molecular flexibility index (Phi) is 6.20. The maximum Gasteiger partial charge on any atom is 0.230 e. The van der Waals surface area contributed by atoms with Crippen LogP contribution in [0.25, 0.3) is 21.9 Å². The summed E-state index contributed by atoms with van der Waals surface area (Å²) in [5, 5.41) is 5.20. The maximum absolute atomic E-state index is 12.0. The summed E-state index contributed by atoms with van der Waals surface area (Å²) in [6.07, 6.45) is 10.8. The van der Waals surface area contributed by atoms with Crippen molar-refractivity contribution in [2.24, 2.45) is 0 Å². The maximum atomic E-state index is 12.0. The van der Waals surface area contributed by atoms with E-state index in [1.807, 2.05) is 30.7 Å². The molecule has 194 valence electrons. The van der Waals surface area contributed by atoms with E-state index in [1.54, 1.807) is 6.20 Å². The van der Waals surface area contributed by atoms with Gasteiger partial charge in [-0.3, -0.25) is 4.98 Å². The van der Waals surface area contributed by atoms with Crippen molar-refractivity contribution in [2.75, 3.05) is 48.9 Å². The number of pyridine rings is 2. The van der Waals surface area contributed by atoms with Gasteiger partial charge in [-0.05, 0) is 58.0 Å². The zero-order valence-corrected chi connectivity index (χ0v) is 22.0. The summed E-state index contributed by atoms with van der Waals surface area (Å²) in [5.74, 6) is 1.52. The molecule has 6 rings (SSSR count). The van der Waals surface area contributed by atoms with Crippen LogP contribution in [0.15, 0.2) is 43.0 Å². The lowest BCUT2D eigenvalue weighted by molar-refractivity contribution is 0.249. The highest BCUT2D eigenvalue weighted by molar-refractivity contribution is 7.91. The predicted octanol–water partition coefficient (Wildman–Crippen LogP) is 3.40. The minimum absolute atomic E-state index is 0.0459. The van der Waals surface area contributed by atoms with Crippen molar-refractivity contribution in [3.63, 3.8) is 0 Å². The van der Waals surface area contributed by atoms with Gasteiger partial charge in [-0.25, -0.2) is 18.4 Å². The van der Waals surface area contributed by atoms with Gasteiger partial charge in [-0.15, -0.1) is 0 Å². The SMILES string of the molecule is CN(C)C1CCN(c2ccc(Nc3ncc4c5ccncc5n(C5CCS(=O)(=O)CC5)c4n3)nc2)CC1. The zero-order valence-electron chi connectivity index (χ0n) is 21.2. The van der Waals surface area contributed by atoms with Crippen LogP contribution >= 0.6 is 0 Å². The second-order valence-corrected chi connectivity index (χ2v) is 12.6. The van der Waals surface area contributed by atoms with Crippen molar-refractivity contribution < 1.29 is 8.42 Å². The van der Waals surface area contributed by atoms with Gasteiger partial charge in [0.15, 0.2) is 0 Å². The lowest BCUT2D eigenvalue weighted by atomic mass is 10.0. The number of anilines is 3. The smallest absolute Gasteiger partial charge is 0.230 e. The molecular formula is C26H32N8O2S. The minimum atomic E-state index is -2.97. The van der Waals surface area contributed by atoms with Crippen LogP contribution in [-0.4, -0.2) is 82.6 Å². The first-order chi connectivity index (χ1) is 17.9. The molecule has 2 aliphatic heterocycles. The summed E-state index contributed by atoms with van der Waals surface area (Å²) in [7, 11) is 1.33. The molecule has 0 atom stereocenters. The average Bonchev–Trinajstić information content (AvgIpc) is 3.23. The number of fused-ring (bicyclic) bond motifs is 3. The van der Waals surface area contributed by atoms with Crippen molar-refractivity contribution in [3.05, 3.63) is 43.0 Å². The number of hydrogen-bond donors (Lipinski definition) is 1. The molecule has 2 aliphatic rings. The average molecular weight is 521 g/mol. The van der Waals surface area contributed by atoms with Crippen LogP contribution < -0.4 is 10.2 Å². The molecule has 11 heteroatoms. The number of aromatic nitrogens is 5. The Hall–Kier alpha value is -3.31. The molecule has 10 nitrogen and oxygen atoms in total. The summed E-state index contributed by atoms with van der Waals surface area (Å²) >= 11 is 0. The lowest BCUT2D eigenvalue weighted by Crippen LogP contribution is -2.42. The van der Waals surface area contributed by atoms with E-state index >= 15 is 0 Å². The molecule has 0 saturated carbocycles. The van der Waals surface area contributed by atoms with Gasteiger partial charge in [-0.2, -0.15) is 4.98 Å². The van der Waals surface area contributed by atoms with E-state index < -0.39 is 9.84 Å². The number of nitrogens with one attached hydrogen (secondary N) is 1. The number of nitrogens with zero attached hydrogens (tertiary/aromatic N) is 7. The molecule has 37 heavy (non-hydrogen) atoms. The van der Waals surface area contributed by atoms with Crippen molar-refractivity contribution in [2.45, 2.75) is 37.8 Å². The fourth-order valence-electron chi connectivity index (χ4n) is 5.63. The van der Waals surface area contributed by atoms with Crippen LogP contribution in [0.2, 0.25) is 0 Å². The Morgan fingerprint density at radius 3 is 2.43 bits per heavy atom. The highest BCUT2D eigenvalue weighted by atomic mass is 32.2. The summed E-state index contributed by atoms with van der Waals surface area (Å²) in [5.41, 5.74) is 2.86. The third-order valence-corrected chi connectivity index (χ3v) is 9.50. The fraction of sp³-hybridized carbons (Fsp3) is 0.462. The number of sulfone groups is 1. The molecule has 0 amide bonds. The highest BCUT2D eigenvalue weighted by Crippen LogP contribution is 2.35. The normalized spacial score (nSPS) is 19.2. The van der Waals surface area contributed by atoms with E-state index in [2.05, 4.69) is 54.8 Å². The Balaban J connectivity index is 1.26. The van der Waals surface area contributed by atoms with Crippen molar-refractivity contribution >= 4 is 49.2 Å². The molecule has 1 N–H and O–H groups in total. The Morgan fingerprint density at radius 1 is 0.946 bits per heavy atom. The van der Waals surface area contributed by atoms with Crippen LogP contribution in [0.5, 0.6) is 0 Å². The van der Waals surface area contributed by atoms with Gasteiger partial charge in [0.1, 0.15) is 21.3 Å². The van der Waals surface area contributed by atoms with Crippen LogP contribution in [-0.2, 0) is 9.84 Å². The van der Waals surface area contributed by atoms with Gasteiger partial charge in [-0.1, -0.05) is 0 Å². The predicted molar refractivity (Wildman–Crippen MR) is 146 cm³/mol.